The van der Waals surface area contributed by atoms with Crippen LogP contribution in [-0.4, -0.2) is 33.4 Å². The number of carbonyl (C=O) groups excluding carboxylic acids is 1. The van der Waals surface area contributed by atoms with Gasteiger partial charge in [-0.3, -0.25) is 9.78 Å². The molecule has 0 radical (unpaired) electrons. The summed E-state index contributed by atoms with van der Waals surface area (Å²) in [5, 5.41) is 0. The fourth-order valence-electron chi connectivity index (χ4n) is 4.08. The van der Waals surface area contributed by atoms with E-state index in [0.717, 1.165) is 30.4 Å². The first-order valence-corrected chi connectivity index (χ1v) is 8.36. The zero-order valence-corrected chi connectivity index (χ0v) is 12.7. The van der Waals surface area contributed by atoms with Gasteiger partial charge in [0.25, 0.3) is 5.91 Å². The van der Waals surface area contributed by atoms with Crippen molar-refractivity contribution in [3.63, 3.8) is 0 Å². The van der Waals surface area contributed by atoms with Crippen molar-refractivity contribution in [2.24, 2.45) is 5.92 Å². The molecule has 114 valence electrons. The standard InChI is InChI=1S/C18H21N3O/c22-18(16-12-19-14-8-2-3-9-15(14)20-16)21-11-5-7-13-6-1-4-10-17(13)21/h2-3,8-9,12-13,17H,1,4-7,10-11H2/t13-,17+/m1/s1. The average molecular weight is 295 g/mol. The maximum absolute atomic E-state index is 12.9. The number of amides is 1. The van der Waals surface area contributed by atoms with Crippen molar-refractivity contribution in [1.82, 2.24) is 14.9 Å². The van der Waals surface area contributed by atoms with Gasteiger partial charge in [-0.2, -0.15) is 0 Å². The molecule has 4 heteroatoms. The van der Waals surface area contributed by atoms with Gasteiger partial charge in [0, 0.05) is 12.6 Å². The Morgan fingerprint density at radius 2 is 1.82 bits per heavy atom. The average Bonchev–Trinajstić information content (AvgIpc) is 2.60. The molecule has 1 aliphatic heterocycles. The molecule has 2 aliphatic rings. The van der Waals surface area contributed by atoms with Crippen LogP contribution in [0.25, 0.3) is 11.0 Å². The molecule has 2 heterocycles. The molecule has 2 atom stereocenters. The minimum Gasteiger partial charge on any atom is -0.334 e. The first-order chi connectivity index (χ1) is 10.8. The van der Waals surface area contributed by atoms with Gasteiger partial charge >= 0.3 is 0 Å². The molecule has 1 saturated carbocycles. The van der Waals surface area contributed by atoms with E-state index in [1.807, 2.05) is 24.3 Å². The number of aromatic nitrogens is 2. The number of nitrogens with zero attached hydrogens (tertiary/aromatic N) is 3. The SMILES string of the molecule is O=C(c1cnc2ccccc2n1)N1CCC[C@H]2CCCC[C@@H]21. The Hall–Kier alpha value is -1.97. The highest BCUT2D eigenvalue weighted by Crippen LogP contribution is 2.35. The molecule has 4 rings (SSSR count). The molecular formula is C18H21N3O. The minimum absolute atomic E-state index is 0.0647. The van der Waals surface area contributed by atoms with Crippen LogP contribution >= 0.6 is 0 Å². The van der Waals surface area contributed by atoms with Crippen LogP contribution in [0.2, 0.25) is 0 Å². The number of fused-ring (bicyclic) bond motifs is 2. The van der Waals surface area contributed by atoms with Crippen molar-refractivity contribution in [3.8, 4) is 0 Å². The third kappa shape index (κ3) is 2.36. The van der Waals surface area contributed by atoms with Gasteiger partial charge in [-0.1, -0.05) is 25.0 Å². The van der Waals surface area contributed by atoms with E-state index in [9.17, 15) is 4.79 Å². The first-order valence-electron chi connectivity index (χ1n) is 8.36. The Bertz CT molecular complexity index is 698. The molecule has 0 N–H and O–H groups in total. The highest BCUT2D eigenvalue weighted by Gasteiger charge is 2.36. The van der Waals surface area contributed by atoms with Gasteiger partial charge in [0.2, 0.25) is 0 Å². The zero-order valence-electron chi connectivity index (χ0n) is 12.7. The number of likely N-dealkylation sites (tertiary alicyclic amines) is 1. The van der Waals surface area contributed by atoms with Gasteiger partial charge < -0.3 is 4.90 Å². The fraction of sp³-hybridized carbons (Fsp3) is 0.500. The summed E-state index contributed by atoms with van der Waals surface area (Å²) in [6, 6.07) is 8.13. The Kier molecular flexibility index (Phi) is 3.53. The van der Waals surface area contributed by atoms with Crippen LogP contribution in [0.3, 0.4) is 0 Å². The second-order valence-corrected chi connectivity index (χ2v) is 6.50. The Morgan fingerprint density at radius 3 is 2.73 bits per heavy atom. The largest absolute Gasteiger partial charge is 0.334 e. The molecule has 0 unspecified atom stereocenters. The molecule has 1 aliphatic carbocycles. The third-order valence-corrected chi connectivity index (χ3v) is 5.17. The van der Waals surface area contributed by atoms with E-state index in [-0.39, 0.29) is 5.91 Å². The van der Waals surface area contributed by atoms with E-state index in [1.54, 1.807) is 6.20 Å². The highest BCUT2D eigenvalue weighted by molar-refractivity contribution is 5.94. The lowest BCUT2D eigenvalue weighted by atomic mass is 9.78. The van der Waals surface area contributed by atoms with E-state index in [4.69, 9.17) is 0 Å². The van der Waals surface area contributed by atoms with Gasteiger partial charge in [-0.15, -0.1) is 0 Å². The van der Waals surface area contributed by atoms with Crippen molar-refractivity contribution < 1.29 is 4.79 Å². The molecule has 1 amide bonds. The minimum atomic E-state index is 0.0647. The maximum Gasteiger partial charge on any atom is 0.274 e. The Morgan fingerprint density at radius 1 is 1.05 bits per heavy atom. The molecule has 0 bridgehead atoms. The van der Waals surface area contributed by atoms with Crippen LogP contribution in [0.5, 0.6) is 0 Å². The van der Waals surface area contributed by atoms with Crippen LogP contribution in [0.15, 0.2) is 30.5 Å². The molecule has 22 heavy (non-hydrogen) atoms. The van der Waals surface area contributed by atoms with Crippen molar-refractivity contribution >= 4 is 16.9 Å². The van der Waals surface area contributed by atoms with E-state index in [1.165, 1.54) is 25.7 Å². The van der Waals surface area contributed by atoms with Crippen LogP contribution in [-0.2, 0) is 0 Å². The molecule has 4 nitrogen and oxygen atoms in total. The number of carbonyl (C=O) groups is 1. The second kappa shape index (κ2) is 5.67. The summed E-state index contributed by atoms with van der Waals surface area (Å²) in [6.45, 7) is 0.870. The number of benzene rings is 1. The number of para-hydroxylation sites is 2. The van der Waals surface area contributed by atoms with Gasteiger partial charge in [0.15, 0.2) is 0 Å². The van der Waals surface area contributed by atoms with Gasteiger partial charge in [-0.05, 0) is 43.7 Å². The third-order valence-electron chi connectivity index (χ3n) is 5.17. The number of rotatable bonds is 1. The maximum atomic E-state index is 12.9. The molecular weight excluding hydrogens is 274 g/mol. The molecule has 0 spiro atoms. The summed E-state index contributed by atoms with van der Waals surface area (Å²) in [7, 11) is 0. The van der Waals surface area contributed by atoms with Crippen molar-refractivity contribution in [3.05, 3.63) is 36.2 Å². The number of piperidine rings is 1. The lowest BCUT2D eigenvalue weighted by Crippen LogP contribution is -2.49. The number of hydrogen-bond donors (Lipinski definition) is 0. The quantitative estimate of drug-likeness (QED) is 0.809. The molecule has 1 aromatic carbocycles. The lowest BCUT2D eigenvalue weighted by Gasteiger charge is -2.44. The van der Waals surface area contributed by atoms with E-state index < -0.39 is 0 Å². The summed E-state index contributed by atoms with van der Waals surface area (Å²) in [6.07, 6.45) is 9.02. The van der Waals surface area contributed by atoms with Gasteiger partial charge in [-0.25, -0.2) is 4.98 Å². The van der Waals surface area contributed by atoms with E-state index in [2.05, 4.69) is 14.9 Å². The molecule has 2 fully saturated rings. The van der Waals surface area contributed by atoms with Crippen LogP contribution < -0.4 is 0 Å². The van der Waals surface area contributed by atoms with Crippen LogP contribution in [0, 0.1) is 5.92 Å². The van der Waals surface area contributed by atoms with Crippen LogP contribution in [0.4, 0.5) is 0 Å². The normalized spacial score (nSPS) is 25.0. The summed E-state index contributed by atoms with van der Waals surface area (Å²) in [4.78, 5) is 23.9. The summed E-state index contributed by atoms with van der Waals surface area (Å²) in [5.74, 6) is 0.759. The smallest absolute Gasteiger partial charge is 0.274 e. The lowest BCUT2D eigenvalue weighted by molar-refractivity contribution is 0.0385. The summed E-state index contributed by atoms with van der Waals surface area (Å²) < 4.78 is 0. The Labute approximate surface area is 130 Å². The topological polar surface area (TPSA) is 46.1 Å². The summed E-state index contributed by atoms with van der Waals surface area (Å²) in [5.41, 5.74) is 2.13. The van der Waals surface area contributed by atoms with E-state index >= 15 is 0 Å². The number of hydrogen-bond acceptors (Lipinski definition) is 3. The molecule has 1 saturated heterocycles. The summed E-state index contributed by atoms with van der Waals surface area (Å²) >= 11 is 0. The van der Waals surface area contributed by atoms with Gasteiger partial charge in [0.05, 0.1) is 17.2 Å². The van der Waals surface area contributed by atoms with E-state index in [0.29, 0.717) is 17.7 Å². The van der Waals surface area contributed by atoms with Crippen LogP contribution in [0.1, 0.15) is 49.0 Å². The van der Waals surface area contributed by atoms with Crippen molar-refractivity contribution in [1.29, 1.82) is 0 Å². The molecule has 2 aromatic rings. The predicted octanol–water partition coefficient (Wildman–Crippen LogP) is 3.42. The zero-order chi connectivity index (χ0) is 14.9. The van der Waals surface area contributed by atoms with Crippen molar-refractivity contribution in [2.75, 3.05) is 6.54 Å². The monoisotopic (exact) mass is 295 g/mol. The molecule has 1 aromatic heterocycles. The van der Waals surface area contributed by atoms with Crippen molar-refractivity contribution in [2.45, 2.75) is 44.6 Å². The second-order valence-electron chi connectivity index (χ2n) is 6.50. The fourth-order valence-corrected chi connectivity index (χ4v) is 4.08. The van der Waals surface area contributed by atoms with Gasteiger partial charge in [0.1, 0.15) is 5.69 Å². The first kappa shape index (κ1) is 13.7. The highest BCUT2D eigenvalue weighted by atomic mass is 16.2. The Balaban J connectivity index is 1.64. The predicted molar refractivity (Wildman–Crippen MR) is 85.6 cm³/mol.